The third-order valence-corrected chi connectivity index (χ3v) is 6.46. The van der Waals surface area contributed by atoms with Gasteiger partial charge in [0.05, 0.1) is 0 Å². The highest BCUT2D eigenvalue weighted by Gasteiger charge is 2.39. The number of benzene rings is 1. The fourth-order valence-electron chi connectivity index (χ4n) is 4.68. The van der Waals surface area contributed by atoms with Crippen molar-refractivity contribution in [1.29, 1.82) is 0 Å². The van der Waals surface area contributed by atoms with Crippen LogP contribution in [-0.2, 0) is 16.0 Å². The highest BCUT2D eigenvalue weighted by molar-refractivity contribution is 5.80. The zero-order valence-electron chi connectivity index (χ0n) is 16.3. The van der Waals surface area contributed by atoms with Crippen LogP contribution in [0, 0.1) is 5.92 Å². The molecule has 1 aliphatic carbocycles. The SMILES string of the molecule is CC(=O)N1CCC(C(=O)N2CCN(C3CC3)CC2Cc2ccccc2)CC1. The maximum Gasteiger partial charge on any atom is 0.226 e. The van der Waals surface area contributed by atoms with Gasteiger partial charge in [-0.1, -0.05) is 30.3 Å². The summed E-state index contributed by atoms with van der Waals surface area (Å²) in [7, 11) is 0. The summed E-state index contributed by atoms with van der Waals surface area (Å²) in [6.07, 6.45) is 5.17. The number of carbonyl (C=O) groups excluding carboxylic acids is 2. The smallest absolute Gasteiger partial charge is 0.226 e. The van der Waals surface area contributed by atoms with Crippen molar-refractivity contribution in [2.45, 2.75) is 51.1 Å². The molecule has 0 aromatic heterocycles. The summed E-state index contributed by atoms with van der Waals surface area (Å²) < 4.78 is 0. The number of carbonyl (C=O) groups is 2. The van der Waals surface area contributed by atoms with E-state index in [0.29, 0.717) is 5.91 Å². The Bertz CT molecular complexity index is 665. The average molecular weight is 370 g/mol. The van der Waals surface area contributed by atoms with Crippen LogP contribution in [0.25, 0.3) is 0 Å². The first-order valence-corrected chi connectivity index (χ1v) is 10.5. The molecule has 5 heteroatoms. The Labute approximate surface area is 162 Å². The first-order valence-electron chi connectivity index (χ1n) is 10.5. The Hall–Kier alpha value is -1.88. The third kappa shape index (κ3) is 4.34. The number of hydrogen-bond acceptors (Lipinski definition) is 3. The van der Waals surface area contributed by atoms with Crippen molar-refractivity contribution in [1.82, 2.24) is 14.7 Å². The van der Waals surface area contributed by atoms with E-state index < -0.39 is 0 Å². The number of piperidine rings is 1. The van der Waals surface area contributed by atoms with Gasteiger partial charge in [0.2, 0.25) is 11.8 Å². The number of nitrogens with zero attached hydrogens (tertiary/aromatic N) is 3. The van der Waals surface area contributed by atoms with Gasteiger partial charge in [-0.05, 0) is 37.7 Å². The summed E-state index contributed by atoms with van der Waals surface area (Å²) in [6, 6.07) is 11.6. The number of piperazine rings is 1. The summed E-state index contributed by atoms with van der Waals surface area (Å²) >= 11 is 0. The molecular formula is C22H31N3O2. The maximum atomic E-state index is 13.3. The molecule has 2 saturated heterocycles. The van der Waals surface area contributed by atoms with Gasteiger partial charge in [0.15, 0.2) is 0 Å². The Morgan fingerprint density at radius 1 is 0.963 bits per heavy atom. The molecule has 0 radical (unpaired) electrons. The molecule has 1 unspecified atom stereocenters. The monoisotopic (exact) mass is 369 g/mol. The molecule has 5 nitrogen and oxygen atoms in total. The second-order valence-electron chi connectivity index (χ2n) is 8.38. The predicted molar refractivity (Wildman–Crippen MR) is 105 cm³/mol. The van der Waals surface area contributed by atoms with Crippen molar-refractivity contribution in [3.63, 3.8) is 0 Å². The summed E-state index contributed by atoms with van der Waals surface area (Å²) in [4.78, 5) is 31.5. The van der Waals surface area contributed by atoms with Crippen molar-refractivity contribution in [3.05, 3.63) is 35.9 Å². The summed E-state index contributed by atoms with van der Waals surface area (Å²) in [5, 5.41) is 0. The fraction of sp³-hybridized carbons (Fsp3) is 0.636. The summed E-state index contributed by atoms with van der Waals surface area (Å²) in [5.74, 6) is 0.516. The molecule has 2 heterocycles. The van der Waals surface area contributed by atoms with Crippen LogP contribution in [0.1, 0.15) is 38.2 Å². The molecule has 0 N–H and O–H groups in total. The largest absolute Gasteiger partial charge is 0.343 e. The second kappa shape index (κ2) is 8.01. The van der Waals surface area contributed by atoms with Gasteiger partial charge in [0, 0.05) is 57.6 Å². The van der Waals surface area contributed by atoms with E-state index in [9.17, 15) is 9.59 Å². The molecule has 3 fully saturated rings. The van der Waals surface area contributed by atoms with Crippen LogP contribution in [0.3, 0.4) is 0 Å². The van der Waals surface area contributed by atoms with E-state index in [4.69, 9.17) is 0 Å². The van der Waals surface area contributed by atoms with Gasteiger partial charge in [-0.15, -0.1) is 0 Å². The highest BCUT2D eigenvalue weighted by atomic mass is 16.2. The van der Waals surface area contributed by atoms with Crippen LogP contribution in [-0.4, -0.2) is 71.3 Å². The lowest BCUT2D eigenvalue weighted by atomic mass is 9.93. The summed E-state index contributed by atoms with van der Waals surface area (Å²) in [5.41, 5.74) is 1.31. The van der Waals surface area contributed by atoms with E-state index in [1.54, 1.807) is 6.92 Å². The number of amides is 2. The minimum absolute atomic E-state index is 0.0753. The van der Waals surface area contributed by atoms with Crippen molar-refractivity contribution in [2.75, 3.05) is 32.7 Å². The number of likely N-dealkylation sites (tertiary alicyclic amines) is 1. The van der Waals surface area contributed by atoms with Gasteiger partial charge < -0.3 is 9.80 Å². The second-order valence-corrected chi connectivity index (χ2v) is 8.38. The quantitative estimate of drug-likeness (QED) is 0.817. The normalized spacial score (nSPS) is 24.9. The van der Waals surface area contributed by atoms with Crippen LogP contribution in [0.5, 0.6) is 0 Å². The predicted octanol–water partition coefficient (Wildman–Crippen LogP) is 2.16. The van der Waals surface area contributed by atoms with Crippen LogP contribution < -0.4 is 0 Å². The lowest BCUT2D eigenvalue weighted by Gasteiger charge is -2.44. The summed E-state index contributed by atoms with van der Waals surface area (Å²) in [6.45, 7) is 5.91. The van der Waals surface area contributed by atoms with E-state index >= 15 is 0 Å². The van der Waals surface area contributed by atoms with Crippen molar-refractivity contribution < 1.29 is 9.59 Å². The minimum Gasteiger partial charge on any atom is -0.343 e. The average Bonchev–Trinajstić information content (AvgIpc) is 3.54. The minimum atomic E-state index is 0.0753. The van der Waals surface area contributed by atoms with E-state index in [0.717, 1.165) is 58.0 Å². The lowest BCUT2D eigenvalue weighted by molar-refractivity contribution is -0.144. The highest BCUT2D eigenvalue weighted by Crippen LogP contribution is 2.31. The molecule has 2 amide bonds. The van der Waals surface area contributed by atoms with Gasteiger partial charge >= 0.3 is 0 Å². The van der Waals surface area contributed by atoms with Gasteiger partial charge in [-0.25, -0.2) is 0 Å². The van der Waals surface area contributed by atoms with Crippen molar-refractivity contribution in [3.8, 4) is 0 Å². The first kappa shape index (κ1) is 18.5. The van der Waals surface area contributed by atoms with Gasteiger partial charge in [0.1, 0.15) is 0 Å². The van der Waals surface area contributed by atoms with E-state index in [-0.39, 0.29) is 17.9 Å². The number of rotatable bonds is 4. The number of hydrogen-bond donors (Lipinski definition) is 0. The van der Waals surface area contributed by atoms with Gasteiger partial charge in [0.25, 0.3) is 0 Å². The van der Waals surface area contributed by atoms with E-state index in [1.807, 2.05) is 11.0 Å². The molecule has 0 spiro atoms. The molecule has 1 aromatic rings. The first-order chi connectivity index (χ1) is 13.1. The molecule has 0 bridgehead atoms. The van der Waals surface area contributed by atoms with Crippen molar-refractivity contribution >= 4 is 11.8 Å². The molecule has 1 atom stereocenters. The molecule has 146 valence electrons. The van der Waals surface area contributed by atoms with Crippen molar-refractivity contribution in [2.24, 2.45) is 5.92 Å². The maximum absolute atomic E-state index is 13.3. The fourth-order valence-corrected chi connectivity index (χ4v) is 4.68. The zero-order valence-corrected chi connectivity index (χ0v) is 16.3. The van der Waals surface area contributed by atoms with Crippen LogP contribution >= 0.6 is 0 Å². The Morgan fingerprint density at radius 3 is 2.30 bits per heavy atom. The molecule has 3 aliphatic rings. The van der Waals surface area contributed by atoms with Gasteiger partial charge in [-0.3, -0.25) is 14.5 Å². The van der Waals surface area contributed by atoms with E-state index in [2.05, 4.69) is 34.1 Å². The zero-order chi connectivity index (χ0) is 18.8. The molecular weight excluding hydrogens is 338 g/mol. The van der Waals surface area contributed by atoms with Crippen LogP contribution in [0.15, 0.2) is 30.3 Å². The Kier molecular flexibility index (Phi) is 5.48. The van der Waals surface area contributed by atoms with Crippen LogP contribution in [0.2, 0.25) is 0 Å². The molecule has 1 aromatic carbocycles. The molecule has 27 heavy (non-hydrogen) atoms. The molecule has 2 aliphatic heterocycles. The van der Waals surface area contributed by atoms with Gasteiger partial charge in [-0.2, -0.15) is 0 Å². The third-order valence-electron chi connectivity index (χ3n) is 6.46. The molecule has 1 saturated carbocycles. The van der Waals surface area contributed by atoms with E-state index in [1.165, 1.54) is 18.4 Å². The Morgan fingerprint density at radius 2 is 1.67 bits per heavy atom. The standard InChI is InChI=1S/C22H31N3O2/c1-17(26)23-11-9-19(10-12-23)22(27)25-14-13-24(20-7-8-20)16-21(25)15-18-5-3-2-4-6-18/h2-6,19-21H,7-16H2,1H3. The molecule has 4 rings (SSSR count). The van der Waals surface area contributed by atoms with Crippen LogP contribution in [0.4, 0.5) is 0 Å². The lowest BCUT2D eigenvalue weighted by Crippen LogP contribution is -2.58. The topological polar surface area (TPSA) is 43.9 Å². The Balaban J connectivity index is 1.43.